The van der Waals surface area contributed by atoms with Crippen molar-refractivity contribution in [3.8, 4) is 0 Å². The van der Waals surface area contributed by atoms with Crippen LogP contribution in [0.3, 0.4) is 0 Å². The van der Waals surface area contributed by atoms with E-state index in [1.807, 2.05) is 6.26 Å². The summed E-state index contributed by atoms with van der Waals surface area (Å²) in [5.74, 6) is 0.759. The van der Waals surface area contributed by atoms with Crippen LogP contribution in [0.25, 0.3) is 0 Å². The van der Waals surface area contributed by atoms with Gasteiger partial charge in [-0.25, -0.2) is 0 Å². The number of methoxy groups -OCH3 is 1. The molecule has 0 aromatic rings. The number of rotatable bonds is 8. The van der Waals surface area contributed by atoms with Crippen LogP contribution in [0.1, 0.15) is 12.8 Å². The zero-order valence-corrected chi connectivity index (χ0v) is 9.60. The maximum atomic E-state index is 10.7. The van der Waals surface area contributed by atoms with Gasteiger partial charge in [0.05, 0.1) is 19.8 Å². The minimum absolute atomic E-state index is 0.163. The summed E-state index contributed by atoms with van der Waals surface area (Å²) in [5.41, 5.74) is 0. The van der Waals surface area contributed by atoms with Crippen molar-refractivity contribution in [2.75, 3.05) is 32.2 Å². The topological polar surface area (TPSA) is 58.6 Å². The molecule has 0 fully saturated rings. The SMILES string of the molecule is COC(=O)CNCC(O)CCCSC. The summed E-state index contributed by atoms with van der Waals surface area (Å²) in [5, 5.41) is 12.3. The number of carbonyl (C=O) groups excluding carboxylic acids is 1. The molecule has 84 valence electrons. The highest BCUT2D eigenvalue weighted by Gasteiger charge is 2.04. The Hall–Kier alpha value is -0.260. The van der Waals surface area contributed by atoms with Crippen molar-refractivity contribution in [3.63, 3.8) is 0 Å². The molecule has 0 heterocycles. The summed E-state index contributed by atoms with van der Waals surface area (Å²) in [7, 11) is 1.35. The maximum Gasteiger partial charge on any atom is 0.319 e. The van der Waals surface area contributed by atoms with Crippen molar-refractivity contribution in [1.82, 2.24) is 5.32 Å². The van der Waals surface area contributed by atoms with Gasteiger partial charge in [0.15, 0.2) is 0 Å². The van der Waals surface area contributed by atoms with Gasteiger partial charge in [0, 0.05) is 6.54 Å². The molecule has 0 aromatic carbocycles. The highest BCUT2D eigenvalue weighted by Crippen LogP contribution is 2.02. The smallest absolute Gasteiger partial charge is 0.319 e. The fourth-order valence-corrected chi connectivity index (χ4v) is 1.43. The van der Waals surface area contributed by atoms with E-state index < -0.39 is 0 Å². The Morgan fingerprint density at radius 1 is 1.64 bits per heavy atom. The number of hydrogen-bond acceptors (Lipinski definition) is 5. The van der Waals surface area contributed by atoms with Gasteiger partial charge in [-0.2, -0.15) is 11.8 Å². The standard InChI is InChI=1S/C9H19NO3S/c1-13-9(12)7-10-6-8(11)4-3-5-14-2/h8,10-11H,3-7H2,1-2H3. The lowest BCUT2D eigenvalue weighted by Crippen LogP contribution is -2.31. The van der Waals surface area contributed by atoms with Gasteiger partial charge in [0.25, 0.3) is 0 Å². The summed E-state index contributed by atoms with van der Waals surface area (Å²) >= 11 is 1.77. The number of thioether (sulfide) groups is 1. The van der Waals surface area contributed by atoms with Crippen molar-refractivity contribution in [3.05, 3.63) is 0 Å². The average Bonchev–Trinajstić information content (AvgIpc) is 2.18. The number of esters is 1. The molecule has 2 N–H and O–H groups in total. The van der Waals surface area contributed by atoms with Gasteiger partial charge in [-0.3, -0.25) is 4.79 Å². The summed E-state index contributed by atoms with van der Waals surface area (Å²) in [4.78, 5) is 10.7. The van der Waals surface area contributed by atoms with Gasteiger partial charge >= 0.3 is 5.97 Å². The van der Waals surface area contributed by atoms with Crippen molar-refractivity contribution in [1.29, 1.82) is 0 Å². The van der Waals surface area contributed by atoms with Crippen LogP contribution in [0.2, 0.25) is 0 Å². The predicted molar refractivity (Wildman–Crippen MR) is 58.5 cm³/mol. The summed E-state index contributed by atoms with van der Waals surface area (Å²) in [6.45, 7) is 0.611. The average molecular weight is 221 g/mol. The molecule has 5 heteroatoms. The molecule has 0 saturated carbocycles. The Balaban J connectivity index is 3.26. The third-order valence-electron chi connectivity index (χ3n) is 1.76. The first kappa shape index (κ1) is 13.7. The molecule has 0 spiro atoms. The number of nitrogens with one attached hydrogen (secondary N) is 1. The molecular weight excluding hydrogens is 202 g/mol. The molecule has 0 aliphatic carbocycles. The number of hydrogen-bond donors (Lipinski definition) is 2. The quantitative estimate of drug-likeness (QED) is 0.454. The Morgan fingerprint density at radius 2 is 2.36 bits per heavy atom. The normalized spacial score (nSPS) is 12.5. The zero-order chi connectivity index (χ0) is 10.8. The molecule has 14 heavy (non-hydrogen) atoms. The molecule has 1 atom stereocenters. The van der Waals surface area contributed by atoms with Crippen LogP contribution in [-0.2, 0) is 9.53 Å². The Labute approximate surface area is 89.4 Å². The first-order valence-corrected chi connectivity index (χ1v) is 6.04. The van der Waals surface area contributed by atoms with E-state index >= 15 is 0 Å². The Morgan fingerprint density at radius 3 is 2.93 bits per heavy atom. The lowest BCUT2D eigenvalue weighted by Gasteiger charge is -2.10. The number of aliphatic hydroxyl groups excluding tert-OH is 1. The third-order valence-corrected chi connectivity index (χ3v) is 2.46. The van der Waals surface area contributed by atoms with Gasteiger partial charge in [-0.05, 0) is 24.9 Å². The van der Waals surface area contributed by atoms with E-state index in [-0.39, 0.29) is 18.6 Å². The van der Waals surface area contributed by atoms with E-state index in [1.165, 1.54) is 7.11 Å². The molecular formula is C9H19NO3S. The summed E-state index contributed by atoms with van der Waals surface area (Å²) in [6, 6.07) is 0. The minimum atomic E-state index is -0.369. The number of aliphatic hydroxyl groups is 1. The summed E-state index contributed by atoms with van der Waals surface area (Å²) in [6.07, 6.45) is 3.45. The highest BCUT2D eigenvalue weighted by molar-refractivity contribution is 7.98. The van der Waals surface area contributed by atoms with Crippen LogP contribution < -0.4 is 5.32 Å². The Kier molecular flexibility index (Phi) is 9.13. The van der Waals surface area contributed by atoms with Crippen molar-refractivity contribution in [2.24, 2.45) is 0 Å². The van der Waals surface area contributed by atoms with E-state index in [0.717, 1.165) is 18.6 Å². The monoisotopic (exact) mass is 221 g/mol. The van der Waals surface area contributed by atoms with E-state index in [0.29, 0.717) is 6.54 Å². The minimum Gasteiger partial charge on any atom is -0.468 e. The van der Waals surface area contributed by atoms with Gasteiger partial charge < -0.3 is 15.2 Å². The first-order valence-electron chi connectivity index (χ1n) is 4.65. The molecule has 0 radical (unpaired) electrons. The van der Waals surface area contributed by atoms with Crippen LogP contribution >= 0.6 is 11.8 Å². The molecule has 1 unspecified atom stereocenters. The van der Waals surface area contributed by atoms with Crippen LogP contribution in [-0.4, -0.2) is 49.4 Å². The van der Waals surface area contributed by atoms with E-state index in [9.17, 15) is 9.90 Å². The molecule has 0 aromatic heterocycles. The van der Waals surface area contributed by atoms with Gasteiger partial charge in [-0.15, -0.1) is 0 Å². The lowest BCUT2D eigenvalue weighted by molar-refractivity contribution is -0.139. The molecule has 0 aliphatic rings. The number of carbonyl (C=O) groups is 1. The molecule has 0 amide bonds. The van der Waals surface area contributed by atoms with Gasteiger partial charge in [0.2, 0.25) is 0 Å². The third kappa shape index (κ3) is 8.34. The van der Waals surface area contributed by atoms with Crippen LogP contribution in [0.5, 0.6) is 0 Å². The molecule has 4 nitrogen and oxygen atoms in total. The first-order chi connectivity index (χ1) is 6.70. The van der Waals surface area contributed by atoms with Crippen LogP contribution in [0.15, 0.2) is 0 Å². The molecule has 0 bridgehead atoms. The number of ether oxygens (including phenoxy) is 1. The van der Waals surface area contributed by atoms with Gasteiger partial charge in [-0.1, -0.05) is 0 Å². The largest absolute Gasteiger partial charge is 0.468 e. The van der Waals surface area contributed by atoms with E-state index in [1.54, 1.807) is 11.8 Å². The van der Waals surface area contributed by atoms with Gasteiger partial charge in [0.1, 0.15) is 0 Å². The highest BCUT2D eigenvalue weighted by atomic mass is 32.2. The van der Waals surface area contributed by atoms with Crippen molar-refractivity contribution in [2.45, 2.75) is 18.9 Å². The fourth-order valence-electron chi connectivity index (χ4n) is 0.978. The molecule has 0 rings (SSSR count). The second-order valence-corrected chi connectivity index (χ2v) is 3.98. The summed E-state index contributed by atoms with van der Waals surface area (Å²) < 4.78 is 4.44. The van der Waals surface area contributed by atoms with E-state index in [4.69, 9.17) is 0 Å². The second kappa shape index (κ2) is 9.30. The molecule has 0 saturated heterocycles. The van der Waals surface area contributed by atoms with Crippen molar-refractivity contribution >= 4 is 17.7 Å². The van der Waals surface area contributed by atoms with Crippen molar-refractivity contribution < 1.29 is 14.6 Å². The van der Waals surface area contributed by atoms with E-state index in [2.05, 4.69) is 10.1 Å². The Bertz CT molecular complexity index is 155. The molecule has 0 aliphatic heterocycles. The van der Waals surface area contributed by atoms with Crippen LogP contribution in [0.4, 0.5) is 0 Å². The lowest BCUT2D eigenvalue weighted by atomic mass is 10.2. The maximum absolute atomic E-state index is 10.7. The van der Waals surface area contributed by atoms with Crippen LogP contribution in [0, 0.1) is 0 Å². The second-order valence-electron chi connectivity index (χ2n) is 3.00. The predicted octanol–water partition coefficient (Wildman–Crippen LogP) is 0.253. The zero-order valence-electron chi connectivity index (χ0n) is 8.78. The fraction of sp³-hybridized carbons (Fsp3) is 0.889.